The number of para-hydroxylation sites is 1. The molecule has 29 heavy (non-hydrogen) atoms. The topological polar surface area (TPSA) is 85.6 Å². The highest BCUT2D eigenvalue weighted by Crippen LogP contribution is 2.26. The fourth-order valence-corrected chi connectivity index (χ4v) is 3.56. The molecule has 0 aliphatic carbocycles. The molecule has 0 spiro atoms. The van der Waals surface area contributed by atoms with E-state index < -0.39 is 0 Å². The number of carbonyl (C=O) groups is 1. The minimum absolute atomic E-state index is 0.107. The van der Waals surface area contributed by atoms with E-state index in [0.717, 1.165) is 16.9 Å². The molecule has 0 fully saturated rings. The molecule has 1 amide bonds. The zero-order chi connectivity index (χ0) is 20.1. The molecular weight excluding hydrogens is 384 g/mol. The van der Waals surface area contributed by atoms with Gasteiger partial charge in [0, 0.05) is 23.8 Å². The first kappa shape index (κ1) is 18.8. The van der Waals surface area contributed by atoms with Crippen LogP contribution in [0.2, 0.25) is 0 Å². The number of rotatable bonds is 6. The van der Waals surface area contributed by atoms with Crippen molar-refractivity contribution >= 4 is 23.4 Å². The van der Waals surface area contributed by atoms with E-state index in [2.05, 4.69) is 25.5 Å². The highest BCUT2D eigenvalue weighted by molar-refractivity contribution is 7.99. The maximum atomic E-state index is 12.4. The van der Waals surface area contributed by atoms with Gasteiger partial charge in [-0.3, -0.25) is 14.3 Å². The first-order chi connectivity index (χ1) is 14.2. The Balaban J connectivity index is 1.57. The monoisotopic (exact) mass is 402 g/mol. The Hall–Kier alpha value is -3.52. The van der Waals surface area contributed by atoms with Crippen LogP contribution >= 0.6 is 11.8 Å². The first-order valence-electron chi connectivity index (χ1n) is 8.97. The summed E-state index contributed by atoms with van der Waals surface area (Å²) in [5, 5.41) is 12.1. The van der Waals surface area contributed by atoms with Gasteiger partial charge in [-0.15, -0.1) is 10.2 Å². The second kappa shape index (κ2) is 8.66. The Morgan fingerprint density at radius 1 is 1.07 bits per heavy atom. The zero-order valence-electron chi connectivity index (χ0n) is 15.7. The quantitative estimate of drug-likeness (QED) is 0.494. The average molecular weight is 402 g/mol. The SMILES string of the molecule is Cc1cccc(NC(=O)CSc2nnc(-c3cnccn3)n2-c2ccccc2)c1. The second-order valence-electron chi connectivity index (χ2n) is 6.27. The van der Waals surface area contributed by atoms with E-state index in [1.165, 1.54) is 11.8 Å². The molecule has 0 aliphatic heterocycles. The maximum Gasteiger partial charge on any atom is 0.234 e. The number of amides is 1. The van der Waals surface area contributed by atoms with Crippen LogP contribution in [0, 0.1) is 6.92 Å². The number of benzene rings is 2. The van der Waals surface area contributed by atoms with Crippen LogP contribution in [0.15, 0.2) is 78.3 Å². The summed E-state index contributed by atoms with van der Waals surface area (Å²) in [6.45, 7) is 1.99. The third-order valence-electron chi connectivity index (χ3n) is 4.07. The van der Waals surface area contributed by atoms with Crippen LogP contribution < -0.4 is 5.32 Å². The lowest BCUT2D eigenvalue weighted by Gasteiger charge is -2.10. The summed E-state index contributed by atoms with van der Waals surface area (Å²) < 4.78 is 1.88. The fourth-order valence-electron chi connectivity index (χ4n) is 2.80. The highest BCUT2D eigenvalue weighted by atomic mass is 32.2. The minimum Gasteiger partial charge on any atom is -0.325 e. The summed E-state index contributed by atoms with van der Waals surface area (Å²) in [6, 6.07) is 17.4. The zero-order valence-corrected chi connectivity index (χ0v) is 16.5. The van der Waals surface area contributed by atoms with Crippen molar-refractivity contribution in [3.05, 3.63) is 78.8 Å². The van der Waals surface area contributed by atoms with Gasteiger partial charge in [-0.1, -0.05) is 42.1 Å². The van der Waals surface area contributed by atoms with Crippen molar-refractivity contribution in [1.29, 1.82) is 0 Å². The van der Waals surface area contributed by atoms with E-state index in [0.29, 0.717) is 16.7 Å². The first-order valence-corrected chi connectivity index (χ1v) is 9.96. The van der Waals surface area contributed by atoms with Crippen LogP contribution in [-0.4, -0.2) is 36.4 Å². The summed E-state index contributed by atoms with van der Waals surface area (Å²) in [5.74, 6) is 0.675. The molecule has 4 rings (SSSR count). The molecule has 7 nitrogen and oxygen atoms in total. The molecule has 2 aromatic heterocycles. The van der Waals surface area contributed by atoms with Gasteiger partial charge in [-0.2, -0.15) is 0 Å². The minimum atomic E-state index is -0.107. The summed E-state index contributed by atoms with van der Waals surface area (Å²) in [7, 11) is 0. The summed E-state index contributed by atoms with van der Waals surface area (Å²) in [5.41, 5.74) is 3.37. The highest BCUT2D eigenvalue weighted by Gasteiger charge is 2.18. The predicted octanol–water partition coefficient (Wildman–Crippen LogP) is 3.76. The molecule has 144 valence electrons. The molecule has 0 unspecified atom stereocenters. The van der Waals surface area contributed by atoms with E-state index >= 15 is 0 Å². The Morgan fingerprint density at radius 3 is 2.69 bits per heavy atom. The molecular formula is C21H18N6OS. The van der Waals surface area contributed by atoms with Gasteiger partial charge in [-0.25, -0.2) is 4.98 Å². The predicted molar refractivity (Wildman–Crippen MR) is 113 cm³/mol. The normalized spacial score (nSPS) is 10.7. The maximum absolute atomic E-state index is 12.4. The van der Waals surface area contributed by atoms with Gasteiger partial charge in [0.05, 0.1) is 11.9 Å². The fraction of sp³-hybridized carbons (Fsp3) is 0.0952. The molecule has 0 saturated heterocycles. The lowest BCUT2D eigenvalue weighted by atomic mass is 10.2. The van der Waals surface area contributed by atoms with Crippen molar-refractivity contribution in [1.82, 2.24) is 24.7 Å². The molecule has 0 atom stereocenters. The molecule has 1 N–H and O–H groups in total. The Morgan fingerprint density at radius 2 is 1.93 bits per heavy atom. The van der Waals surface area contributed by atoms with Crippen LogP contribution in [0.25, 0.3) is 17.2 Å². The van der Waals surface area contributed by atoms with Crippen molar-refractivity contribution < 1.29 is 4.79 Å². The van der Waals surface area contributed by atoms with Gasteiger partial charge in [0.1, 0.15) is 5.69 Å². The lowest BCUT2D eigenvalue weighted by molar-refractivity contribution is -0.113. The average Bonchev–Trinajstić information content (AvgIpc) is 3.17. The number of hydrogen-bond donors (Lipinski definition) is 1. The van der Waals surface area contributed by atoms with Crippen LogP contribution in [0.4, 0.5) is 5.69 Å². The number of nitrogens with one attached hydrogen (secondary N) is 1. The number of carbonyl (C=O) groups excluding carboxylic acids is 1. The Bertz CT molecular complexity index is 1110. The van der Waals surface area contributed by atoms with Crippen molar-refractivity contribution in [2.24, 2.45) is 0 Å². The van der Waals surface area contributed by atoms with Crippen molar-refractivity contribution in [3.63, 3.8) is 0 Å². The van der Waals surface area contributed by atoms with E-state index in [1.807, 2.05) is 66.1 Å². The largest absolute Gasteiger partial charge is 0.325 e. The number of hydrogen-bond acceptors (Lipinski definition) is 6. The third kappa shape index (κ3) is 4.49. The smallest absolute Gasteiger partial charge is 0.234 e. The van der Waals surface area contributed by atoms with Gasteiger partial charge in [0.15, 0.2) is 11.0 Å². The molecule has 4 aromatic rings. The van der Waals surface area contributed by atoms with Crippen LogP contribution in [0.5, 0.6) is 0 Å². The Kier molecular flexibility index (Phi) is 5.62. The number of aryl methyl sites for hydroxylation is 1. The Labute approximate surface area is 172 Å². The van der Waals surface area contributed by atoms with E-state index in [-0.39, 0.29) is 11.7 Å². The number of nitrogens with zero attached hydrogens (tertiary/aromatic N) is 5. The van der Waals surface area contributed by atoms with Crippen molar-refractivity contribution in [2.75, 3.05) is 11.1 Å². The van der Waals surface area contributed by atoms with Crippen LogP contribution in [0.3, 0.4) is 0 Å². The van der Waals surface area contributed by atoms with Crippen molar-refractivity contribution in [2.45, 2.75) is 12.1 Å². The molecule has 0 aliphatic rings. The van der Waals surface area contributed by atoms with Gasteiger partial charge in [0.2, 0.25) is 5.91 Å². The number of thioether (sulfide) groups is 1. The second-order valence-corrected chi connectivity index (χ2v) is 7.22. The van der Waals surface area contributed by atoms with Gasteiger partial charge in [0.25, 0.3) is 0 Å². The summed E-state index contributed by atoms with van der Waals surface area (Å²) >= 11 is 1.32. The molecule has 2 aromatic carbocycles. The van der Waals surface area contributed by atoms with E-state index in [4.69, 9.17) is 0 Å². The van der Waals surface area contributed by atoms with Gasteiger partial charge >= 0.3 is 0 Å². The molecule has 0 saturated carbocycles. The molecule has 0 bridgehead atoms. The van der Waals surface area contributed by atoms with Gasteiger partial charge in [-0.05, 0) is 36.8 Å². The molecule has 8 heteroatoms. The summed E-state index contributed by atoms with van der Waals surface area (Å²) in [6.07, 6.45) is 4.86. The number of aromatic nitrogens is 5. The standard InChI is InChI=1S/C21H18N6OS/c1-15-6-5-7-16(12-15)24-19(28)14-29-21-26-25-20(18-13-22-10-11-23-18)27(21)17-8-3-2-4-9-17/h2-13H,14H2,1H3,(H,24,28). The number of anilines is 1. The van der Waals surface area contributed by atoms with Crippen molar-refractivity contribution in [3.8, 4) is 17.2 Å². The summed E-state index contributed by atoms with van der Waals surface area (Å²) in [4.78, 5) is 20.9. The van der Waals surface area contributed by atoms with E-state index in [9.17, 15) is 4.79 Å². The van der Waals surface area contributed by atoms with E-state index in [1.54, 1.807) is 18.6 Å². The van der Waals surface area contributed by atoms with Crippen LogP contribution in [-0.2, 0) is 4.79 Å². The van der Waals surface area contributed by atoms with Gasteiger partial charge < -0.3 is 5.32 Å². The molecule has 0 radical (unpaired) electrons. The lowest BCUT2D eigenvalue weighted by Crippen LogP contribution is -2.14. The molecule has 2 heterocycles. The third-order valence-corrected chi connectivity index (χ3v) is 5.00. The van der Waals surface area contributed by atoms with Crippen LogP contribution in [0.1, 0.15) is 5.56 Å².